The molecule has 0 unspecified atom stereocenters. The molecule has 1 heterocycles. The van der Waals surface area contributed by atoms with Crippen molar-refractivity contribution in [3.05, 3.63) is 93.7 Å². The summed E-state index contributed by atoms with van der Waals surface area (Å²) in [6, 6.07) is 16.0. The Kier molecular flexibility index (Phi) is 11.2. The van der Waals surface area contributed by atoms with Crippen molar-refractivity contribution in [3.63, 3.8) is 0 Å². The van der Waals surface area contributed by atoms with Crippen LogP contribution in [0.5, 0.6) is 0 Å². The fourth-order valence-corrected chi connectivity index (χ4v) is 4.34. The fourth-order valence-electron chi connectivity index (χ4n) is 4.07. The molecule has 210 valence electrons. The number of ether oxygens (including phenoxy) is 1. The minimum absolute atomic E-state index is 0.0791. The van der Waals surface area contributed by atoms with Crippen molar-refractivity contribution in [1.29, 1.82) is 0 Å². The number of methoxy groups -OCH3 is 1. The summed E-state index contributed by atoms with van der Waals surface area (Å²) in [7, 11) is 1.48. The number of amides is 2. The van der Waals surface area contributed by atoms with Crippen molar-refractivity contribution in [3.8, 4) is 0 Å². The van der Waals surface area contributed by atoms with Crippen LogP contribution in [0, 0.1) is 0 Å². The first-order valence-electron chi connectivity index (χ1n) is 12.7. The molecule has 0 saturated heterocycles. The van der Waals surface area contributed by atoms with E-state index in [1.807, 2.05) is 49.5 Å². The summed E-state index contributed by atoms with van der Waals surface area (Å²) in [5, 5.41) is 0. The number of hydrogen-bond acceptors (Lipinski definition) is 3. The van der Waals surface area contributed by atoms with Crippen LogP contribution in [0.3, 0.4) is 0 Å². The number of carbonyl (C=O) groups is 2. The second kappa shape index (κ2) is 14.3. The van der Waals surface area contributed by atoms with Crippen molar-refractivity contribution in [2.45, 2.75) is 39.0 Å². The number of rotatable bonds is 13. The van der Waals surface area contributed by atoms with E-state index in [2.05, 4.69) is 20.5 Å². The van der Waals surface area contributed by atoms with Gasteiger partial charge in [0.1, 0.15) is 6.54 Å². The molecule has 0 aliphatic heterocycles. The molecule has 2 aromatic carbocycles. The molecule has 0 spiro atoms. The van der Waals surface area contributed by atoms with Crippen LogP contribution in [-0.4, -0.2) is 59.5 Å². The van der Waals surface area contributed by atoms with E-state index < -0.39 is 17.6 Å². The largest absolute Gasteiger partial charge is 0.416 e. The molecule has 6 nitrogen and oxygen atoms in total. The molecule has 0 aliphatic rings. The lowest BCUT2D eigenvalue weighted by Gasteiger charge is -2.28. The molecular weight excluding hydrogens is 575 g/mol. The number of halogens is 4. The molecule has 3 aromatic rings. The number of aromatic nitrogens is 1. The molecule has 0 fully saturated rings. The number of unbranched alkanes of at least 4 members (excludes halogenated alkanes) is 1. The standard InChI is InChI=1S/C29H33BrF3N3O3/c1-3-4-15-35(20-26-6-5-16-34(26)19-22-7-13-25(30)14-8-22)27(37)21-36(17-18-39-2)28(38)23-9-11-24(12-10-23)29(31,32)33/h5-14,16H,3-4,15,17-21H2,1-2H3. The van der Waals surface area contributed by atoms with Gasteiger partial charge in [-0.15, -0.1) is 0 Å². The monoisotopic (exact) mass is 607 g/mol. The summed E-state index contributed by atoms with van der Waals surface area (Å²) >= 11 is 3.45. The lowest BCUT2D eigenvalue weighted by Crippen LogP contribution is -2.44. The first-order chi connectivity index (χ1) is 18.6. The topological polar surface area (TPSA) is 54.8 Å². The van der Waals surface area contributed by atoms with Gasteiger partial charge in [-0.3, -0.25) is 9.59 Å². The average Bonchev–Trinajstić information content (AvgIpc) is 3.35. The predicted molar refractivity (Wildman–Crippen MR) is 147 cm³/mol. The number of alkyl halides is 3. The Balaban J connectivity index is 1.76. The third kappa shape index (κ3) is 8.96. The van der Waals surface area contributed by atoms with Crippen molar-refractivity contribution < 1.29 is 27.5 Å². The van der Waals surface area contributed by atoms with Crippen LogP contribution in [0.25, 0.3) is 0 Å². The number of carbonyl (C=O) groups excluding carboxylic acids is 2. The molecule has 1 aromatic heterocycles. The van der Waals surface area contributed by atoms with Crippen LogP contribution >= 0.6 is 15.9 Å². The average molecular weight is 608 g/mol. The van der Waals surface area contributed by atoms with Gasteiger partial charge >= 0.3 is 6.18 Å². The number of benzene rings is 2. The van der Waals surface area contributed by atoms with E-state index >= 15 is 0 Å². The summed E-state index contributed by atoms with van der Waals surface area (Å²) in [5.74, 6) is -0.764. The molecule has 0 atom stereocenters. The lowest BCUT2D eigenvalue weighted by molar-refractivity contribution is -0.137. The van der Waals surface area contributed by atoms with E-state index in [0.29, 0.717) is 19.6 Å². The highest BCUT2D eigenvalue weighted by Gasteiger charge is 2.31. The third-order valence-corrected chi connectivity index (χ3v) is 6.84. The highest BCUT2D eigenvalue weighted by atomic mass is 79.9. The van der Waals surface area contributed by atoms with Crippen molar-refractivity contribution in [2.75, 3.05) is 33.4 Å². The molecule has 39 heavy (non-hydrogen) atoms. The first-order valence-corrected chi connectivity index (χ1v) is 13.5. The summed E-state index contributed by atoms with van der Waals surface area (Å²) in [6.07, 6.45) is -0.841. The number of nitrogens with zero attached hydrogens (tertiary/aromatic N) is 3. The minimum atomic E-state index is -4.50. The Hall–Kier alpha value is -3.11. The zero-order valence-electron chi connectivity index (χ0n) is 22.1. The Labute approximate surface area is 235 Å². The van der Waals surface area contributed by atoms with Crippen LogP contribution in [0.15, 0.2) is 71.3 Å². The van der Waals surface area contributed by atoms with E-state index in [0.717, 1.165) is 52.8 Å². The summed E-state index contributed by atoms with van der Waals surface area (Å²) in [6.45, 7) is 3.69. The smallest absolute Gasteiger partial charge is 0.383 e. The Morgan fingerprint density at radius 2 is 1.67 bits per heavy atom. The predicted octanol–water partition coefficient (Wildman–Crippen LogP) is 6.24. The normalized spacial score (nSPS) is 11.4. The lowest BCUT2D eigenvalue weighted by atomic mass is 10.1. The zero-order chi connectivity index (χ0) is 28.4. The van der Waals surface area contributed by atoms with Gasteiger partial charge in [-0.25, -0.2) is 0 Å². The molecular formula is C29H33BrF3N3O3. The maximum atomic E-state index is 13.5. The molecule has 0 saturated carbocycles. The van der Waals surface area contributed by atoms with Gasteiger partial charge in [0, 0.05) is 48.7 Å². The molecule has 3 rings (SSSR count). The van der Waals surface area contributed by atoms with Gasteiger partial charge < -0.3 is 19.1 Å². The SMILES string of the molecule is CCCCN(Cc1cccn1Cc1ccc(Br)cc1)C(=O)CN(CCOC)C(=O)c1ccc(C(F)(F)F)cc1. The van der Waals surface area contributed by atoms with Gasteiger partial charge in [0.05, 0.1) is 18.7 Å². The Morgan fingerprint density at radius 1 is 0.974 bits per heavy atom. The fraction of sp³-hybridized carbons (Fsp3) is 0.379. The molecule has 0 N–H and O–H groups in total. The first kappa shape index (κ1) is 30.4. The summed E-state index contributed by atoms with van der Waals surface area (Å²) in [4.78, 5) is 29.8. The van der Waals surface area contributed by atoms with Gasteiger partial charge in [-0.2, -0.15) is 13.2 Å². The van der Waals surface area contributed by atoms with Gasteiger partial charge in [-0.05, 0) is 60.5 Å². The van der Waals surface area contributed by atoms with E-state index in [1.54, 1.807) is 4.90 Å². The van der Waals surface area contributed by atoms with E-state index in [4.69, 9.17) is 4.74 Å². The molecule has 0 radical (unpaired) electrons. The van der Waals surface area contributed by atoms with Gasteiger partial charge in [-0.1, -0.05) is 41.4 Å². The van der Waals surface area contributed by atoms with Crippen LogP contribution in [0.4, 0.5) is 13.2 Å². The van der Waals surface area contributed by atoms with E-state index in [9.17, 15) is 22.8 Å². The van der Waals surface area contributed by atoms with Crippen LogP contribution < -0.4 is 0 Å². The van der Waals surface area contributed by atoms with E-state index in [-0.39, 0.29) is 31.2 Å². The van der Waals surface area contributed by atoms with Crippen molar-refractivity contribution >= 4 is 27.7 Å². The van der Waals surface area contributed by atoms with Crippen LogP contribution in [0.1, 0.15) is 46.9 Å². The van der Waals surface area contributed by atoms with Crippen molar-refractivity contribution in [2.24, 2.45) is 0 Å². The van der Waals surface area contributed by atoms with Crippen LogP contribution in [-0.2, 0) is 28.8 Å². The maximum absolute atomic E-state index is 13.5. The third-order valence-electron chi connectivity index (χ3n) is 6.31. The Bertz CT molecular complexity index is 1210. The Morgan fingerprint density at radius 3 is 2.28 bits per heavy atom. The molecule has 0 bridgehead atoms. The van der Waals surface area contributed by atoms with Gasteiger partial charge in [0.25, 0.3) is 5.91 Å². The maximum Gasteiger partial charge on any atom is 0.416 e. The minimum Gasteiger partial charge on any atom is -0.383 e. The highest BCUT2D eigenvalue weighted by Crippen LogP contribution is 2.29. The van der Waals surface area contributed by atoms with Gasteiger partial charge in [0.2, 0.25) is 5.91 Å². The molecule has 0 aliphatic carbocycles. The van der Waals surface area contributed by atoms with E-state index in [1.165, 1.54) is 12.0 Å². The molecule has 10 heteroatoms. The van der Waals surface area contributed by atoms with Gasteiger partial charge in [0.15, 0.2) is 0 Å². The zero-order valence-corrected chi connectivity index (χ0v) is 23.7. The van der Waals surface area contributed by atoms with Crippen LogP contribution in [0.2, 0.25) is 0 Å². The highest BCUT2D eigenvalue weighted by molar-refractivity contribution is 9.10. The molecule has 2 amide bonds. The second-order valence-electron chi connectivity index (χ2n) is 9.22. The summed E-state index contributed by atoms with van der Waals surface area (Å²) in [5.41, 5.74) is 1.32. The second-order valence-corrected chi connectivity index (χ2v) is 10.1. The van der Waals surface area contributed by atoms with Crippen molar-refractivity contribution in [1.82, 2.24) is 14.4 Å². The number of hydrogen-bond donors (Lipinski definition) is 0. The quantitative estimate of drug-likeness (QED) is 0.231. The summed E-state index contributed by atoms with van der Waals surface area (Å²) < 4.78 is 47.1.